The maximum Gasteiger partial charge on any atom is 0.0733 e. The van der Waals surface area contributed by atoms with Gasteiger partial charge < -0.3 is 9.84 Å². The van der Waals surface area contributed by atoms with Crippen molar-refractivity contribution >= 4 is 0 Å². The summed E-state index contributed by atoms with van der Waals surface area (Å²) in [6.45, 7) is 6.20. The summed E-state index contributed by atoms with van der Waals surface area (Å²) in [7, 11) is 0. The SMILES string of the molecule is CC(C)(C)OC1C2C=CC1C(O)C2. The Morgan fingerprint density at radius 1 is 1.31 bits per heavy atom. The van der Waals surface area contributed by atoms with Crippen LogP contribution in [0, 0.1) is 11.8 Å². The van der Waals surface area contributed by atoms with Gasteiger partial charge in [-0.25, -0.2) is 0 Å². The van der Waals surface area contributed by atoms with Gasteiger partial charge in [-0.3, -0.25) is 0 Å². The number of fused-ring (bicyclic) bond motifs is 2. The molecule has 2 aliphatic carbocycles. The molecular weight excluding hydrogens is 164 g/mol. The van der Waals surface area contributed by atoms with Crippen LogP contribution in [0.25, 0.3) is 0 Å². The number of aliphatic hydroxyl groups is 1. The normalized spacial score (nSPS) is 43.1. The fourth-order valence-electron chi connectivity index (χ4n) is 2.35. The van der Waals surface area contributed by atoms with Crippen LogP contribution in [0.4, 0.5) is 0 Å². The second-order valence-electron chi connectivity index (χ2n) is 5.12. The molecule has 1 saturated carbocycles. The van der Waals surface area contributed by atoms with Gasteiger partial charge in [0.15, 0.2) is 0 Å². The molecule has 2 aliphatic rings. The van der Waals surface area contributed by atoms with Gasteiger partial charge in [-0.1, -0.05) is 12.2 Å². The summed E-state index contributed by atoms with van der Waals surface area (Å²) in [6, 6.07) is 0. The average molecular weight is 182 g/mol. The largest absolute Gasteiger partial charge is 0.392 e. The standard InChI is InChI=1S/C11H18O2/c1-11(2,3)13-10-7-4-5-8(10)9(12)6-7/h4-5,7-10,12H,6H2,1-3H3. The van der Waals surface area contributed by atoms with Crippen molar-refractivity contribution in [1.29, 1.82) is 0 Å². The number of hydrogen-bond donors (Lipinski definition) is 1. The van der Waals surface area contributed by atoms with E-state index in [1.54, 1.807) is 0 Å². The molecule has 0 heterocycles. The maximum atomic E-state index is 9.66. The monoisotopic (exact) mass is 182 g/mol. The first-order valence-electron chi connectivity index (χ1n) is 5.01. The van der Waals surface area contributed by atoms with Crippen LogP contribution in [0.5, 0.6) is 0 Å². The van der Waals surface area contributed by atoms with E-state index in [2.05, 4.69) is 32.9 Å². The molecule has 0 aliphatic heterocycles. The first-order valence-corrected chi connectivity index (χ1v) is 5.01. The van der Waals surface area contributed by atoms with Gasteiger partial charge in [0.2, 0.25) is 0 Å². The van der Waals surface area contributed by atoms with Crippen molar-refractivity contribution in [2.24, 2.45) is 11.8 Å². The third-order valence-corrected chi connectivity index (χ3v) is 2.83. The van der Waals surface area contributed by atoms with Gasteiger partial charge in [0, 0.05) is 11.8 Å². The van der Waals surface area contributed by atoms with Gasteiger partial charge in [-0.05, 0) is 27.2 Å². The van der Waals surface area contributed by atoms with Gasteiger partial charge in [-0.2, -0.15) is 0 Å². The molecule has 0 saturated heterocycles. The summed E-state index contributed by atoms with van der Waals surface area (Å²) in [4.78, 5) is 0. The smallest absolute Gasteiger partial charge is 0.0733 e. The van der Waals surface area contributed by atoms with E-state index >= 15 is 0 Å². The van der Waals surface area contributed by atoms with Crippen LogP contribution in [-0.4, -0.2) is 22.9 Å². The quantitative estimate of drug-likeness (QED) is 0.626. The van der Waals surface area contributed by atoms with E-state index in [1.165, 1.54) is 0 Å². The fraction of sp³-hybridized carbons (Fsp3) is 0.818. The third kappa shape index (κ3) is 1.65. The van der Waals surface area contributed by atoms with Crippen LogP contribution < -0.4 is 0 Å². The highest BCUT2D eigenvalue weighted by Gasteiger charge is 2.46. The Labute approximate surface area is 79.6 Å². The zero-order chi connectivity index (χ0) is 9.64. The Morgan fingerprint density at radius 2 is 2.00 bits per heavy atom. The van der Waals surface area contributed by atoms with Gasteiger partial charge in [-0.15, -0.1) is 0 Å². The Hall–Kier alpha value is -0.340. The highest BCUT2D eigenvalue weighted by molar-refractivity contribution is 5.16. The molecule has 0 radical (unpaired) electrons. The molecule has 0 aromatic rings. The summed E-state index contributed by atoms with van der Waals surface area (Å²) in [5, 5.41) is 9.66. The second-order valence-corrected chi connectivity index (χ2v) is 5.12. The van der Waals surface area contributed by atoms with Gasteiger partial charge in [0.25, 0.3) is 0 Å². The molecule has 4 unspecified atom stereocenters. The van der Waals surface area contributed by atoms with Gasteiger partial charge in [0.05, 0.1) is 17.8 Å². The minimum Gasteiger partial charge on any atom is -0.392 e. The van der Waals surface area contributed by atoms with E-state index in [4.69, 9.17) is 4.74 Å². The van der Waals surface area contributed by atoms with Crippen LogP contribution in [0.2, 0.25) is 0 Å². The molecule has 1 fully saturated rings. The van der Waals surface area contributed by atoms with Crippen LogP contribution in [0.1, 0.15) is 27.2 Å². The lowest BCUT2D eigenvalue weighted by molar-refractivity contribution is -0.0808. The number of rotatable bonds is 1. The van der Waals surface area contributed by atoms with Crippen LogP contribution in [0.3, 0.4) is 0 Å². The molecular formula is C11H18O2. The molecule has 0 amide bonds. The summed E-state index contributed by atoms with van der Waals surface area (Å²) in [5.41, 5.74) is -0.1000. The lowest BCUT2D eigenvalue weighted by Gasteiger charge is -2.28. The van der Waals surface area contributed by atoms with E-state index < -0.39 is 0 Å². The summed E-state index contributed by atoms with van der Waals surface area (Å²) >= 11 is 0. The molecule has 13 heavy (non-hydrogen) atoms. The summed E-state index contributed by atoms with van der Waals surface area (Å²) < 4.78 is 5.93. The van der Waals surface area contributed by atoms with Gasteiger partial charge >= 0.3 is 0 Å². The third-order valence-electron chi connectivity index (χ3n) is 2.83. The predicted octanol–water partition coefficient (Wildman–Crippen LogP) is 1.74. The molecule has 2 rings (SSSR count). The van der Waals surface area contributed by atoms with Crippen molar-refractivity contribution in [2.75, 3.05) is 0 Å². The van der Waals surface area contributed by atoms with Crippen molar-refractivity contribution in [1.82, 2.24) is 0 Å². The highest BCUT2D eigenvalue weighted by atomic mass is 16.5. The molecule has 74 valence electrons. The van der Waals surface area contributed by atoms with Crippen LogP contribution >= 0.6 is 0 Å². The Morgan fingerprint density at radius 3 is 2.38 bits per heavy atom. The Balaban J connectivity index is 2.04. The molecule has 4 atom stereocenters. The minimum atomic E-state index is -0.178. The highest BCUT2D eigenvalue weighted by Crippen LogP contribution is 2.42. The fourth-order valence-corrected chi connectivity index (χ4v) is 2.35. The zero-order valence-corrected chi connectivity index (χ0v) is 8.53. The number of ether oxygens (including phenoxy) is 1. The van der Waals surface area contributed by atoms with Gasteiger partial charge in [0.1, 0.15) is 0 Å². The molecule has 2 heteroatoms. The lowest BCUT2D eigenvalue weighted by atomic mass is 10.1. The summed E-state index contributed by atoms with van der Waals surface area (Å²) in [6.07, 6.45) is 5.21. The molecule has 0 aromatic carbocycles. The Kier molecular flexibility index (Phi) is 2.00. The van der Waals surface area contributed by atoms with E-state index in [1.807, 2.05) is 0 Å². The molecule has 0 spiro atoms. The number of aliphatic hydroxyl groups excluding tert-OH is 1. The second kappa shape index (κ2) is 2.82. The lowest BCUT2D eigenvalue weighted by Crippen LogP contribution is -2.32. The molecule has 1 N–H and O–H groups in total. The average Bonchev–Trinajstić information content (AvgIpc) is 2.42. The first-order chi connectivity index (χ1) is 5.97. The minimum absolute atomic E-state index is 0.1000. The Bertz CT molecular complexity index is 227. The van der Waals surface area contributed by atoms with Crippen molar-refractivity contribution in [3.63, 3.8) is 0 Å². The van der Waals surface area contributed by atoms with Crippen LogP contribution in [-0.2, 0) is 4.74 Å². The van der Waals surface area contributed by atoms with Crippen molar-refractivity contribution in [3.05, 3.63) is 12.2 Å². The predicted molar refractivity (Wildman–Crippen MR) is 51.4 cm³/mol. The van der Waals surface area contributed by atoms with Crippen molar-refractivity contribution in [3.8, 4) is 0 Å². The van der Waals surface area contributed by atoms with E-state index in [0.29, 0.717) is 5.92 Å². The van der Waals surface area contributed by atoms with Crippen molar-refractivity contribution < 1.29 is 9.84 Å². The van der Waals surface area contributed by atoms with Crippen LogP contribution in [0.15, 0.2) is 12.2 Å². The molecule has 2 nitrogen and oxygen atoms in total. The van der Waals surface area contributed by atoms with Crippen molar-refractivity contribution in [2.45, 2.75) is 45.0 Å². The first kappa shape index (κ1) is 9.22. The zero-order valence-electron chi connectivity index (χ0n) is 8.53. The molecule has 2 bridgehead atoms. The summed E-state index contributed by atoms with van der Waals surface area (Å²) in [5.74, 6) is 0.684. The topological polar surface area (TPSA) is 29.5 Å². The molecule has 0 aromatic heterocycles. The van der Waals surface area contributed by atoms with E-state index in [0.717, 1.165) is 6.42 Å². The maximum absolute atomic E-state index is 9.66. The van der Waals surface area contributed by atoms with E-state index in [9.17, 15) is 5.11 Å². The van der Waals surface area contributed by atoms with E-state index in [-0.39, 0.29) is 23.7 Å². The number of hydrogen-bond acceptors (Lipinski definition) is 2.